The SMILES string of the molecule is N#CC(=C1SC(c2ccccc2)=C(c2ccccc2)S1)c1nc(-c2ccc(Br)cc2)cs1. The summed E-state index contributed by atoms with van der Waals surface area (Å²) in [5.74, 6) is 0. The highest BCUT2D eigenvalue weighted by Crippen LogP contribution is 2.59. The fourth-order valence-electron chi connectivity index (χ4n) is 3.28. The van der Waals surface area contributed by atoms with E-state index in [0.29, 0.717) is 5.57 Å². The van der Waals surface area contributed by atoms with Crippen LogP contribution in [0.2, 0.25) is 0 Å². The Morgan fingerprint density at radius 2 is 1.31 bits per heavy atom. The van der Waals surface area contributed by atoms with Gasteiger partial charge >= 0.3 is 0 Å². The summed E-state index contributed by atoms with van der Waals surface area (Å²) in [6.45, 7) is 0. The van der Waals surface area contributed by atoms with E-state index in [9.17, 15) is 5.26 Å². The van der Waals surface area contributed by atoms with E-state index in [-0.39, 0.29) is 0 Å². The molecule has 0 spiro atoms. The van der Waals surface area contributed by atoms with Crippen molar-refractivity contribution in [2.75, 3.05) is 0 Å². The Kier molecular flexibility index (Phi) is 6.33. The molecule has 2 heterocycles. The lowest BCUT2D eigenvalue weighted by Gasteiger charge is -2.05. The largest absolute Gasteiger partial charge is 0.235 e. The fourth-order valence-corrected chi connectivity index (χ4v) is 7.21. The molecule has 3 aromatic carbocycles. The van der Waals surface area contributed by atoms with Crippen molar-refractivity contribution in [1.82, 2.24) is 4.98 Å². The van der Waals surface area contributed by atoms with Crippen LogP contribution in [0.3, 0.4) is 0 Å². The molecule has 0 bridgehead atoms. The first kappa shape index (κ1) is 21.3. The van der Waals surface area contributed by atoms with E-state index in [0.717, 1.165) is 36.1 Å². The summed E-state index contributed by atoms with van der Waals surface area (Å²) in [5, 5.41) is 12.8. The van der Waals surface area contributed by atoms with Crippen LogP contribution >= 0.6 is 50.8 Å². The average Bonchev–Trinajstić information content (AvgIpc) is 3.50. The molecule has 32 heavy (non-hydrogen) atoms. The summed E-state index contributed by atoms with van der Waals surface area (Å²) in [6, 6.07) is 31.2. The van der Waals surface area contributed by atoms with E-state index >= 15 is 0 Å². The number of hydrogen-bond acceptors (Lipinski definition) is 5. The molecule has 0 radical (unpaired) electrons. The van der Waals surface area contributed by atoms with Crippen LogP contribution in [-0.2, 0) is 0 Å². The Hall–Kier alpha value is -2.56. The maximum absolute atomic E-state index is 10.1. The highest BCUT2D eigenvalue weighted by molar-refractivity contribution is 9.10. The molecule has 2 nitrogen and oxygen atoms in total. The number of nitriles is 1. The second kappa shape index (κ2) is 9.51. The number of thiazole rings is 1. The Labute approximate surface area is 207 Å². The van der Waals surface area contributed by atoms with Gasteiger partial charge in [-0.1, -0.05) is 112 Å². The highest BCUT2D eigenvalue weighted by Gasteiger charge is 2.27. The van der Waals surface area contributed by atoms with Crippen molar-refractivity contribution in [1.29, 1.82) is 5.26 Å². The molecule has 1 aromatic heterocycles. The van der Waals surface area contributed by atoms with E-state index < -0.39 is 0 Å². The molecule has 0 aliphatic carbocycles. The summed E-state index contributed by atoms with van der Waals surface area (Å²) in [6.07, 6.45) is 0. The predicted molar refractivity (Wildman–Crippen MR) is 143 cm³/mol. The summed E-state index contributed by atoms with van der Waals surface area (Å²) in [5.41, 5.74) is 4.88. The van der Waals surface area contributed by atoms with Crippen LogP contribution in [-0.4, -0.2) is 4.98 Å². The molecule has 0 saturated carbocycles. The zero-order chi connectivity index (χ0) is 21.9. The van der Waals surface area contributed by atoms with Gasteiger partial charge in [0.1, 0.15) is 16.6 Å². The lowest BCUT2D eigenvalue weighted by Crippen LogP contribution is -1.84. The predicted octanol–water partition coefficient (Wildman–Crippen LogP) is 8.77. The zero-order valence-electron chi connectivity index (χ0n) is 16.7. The highest BCUT2D eigenvalue weighted by atomic mass is 79.9. The van der Waals surface area contributed by atoms with Crippen molar-refractivity contribution in [2.24, 2.45) is 0 Å². The van der Waals surface area contributed by atoms with E-state index in [4.69, 9.17) is 4.98 Å². The molecule has 0 unspecified atom stereocenters. The van der Waals surface area contributed by atoms with Gasteiger partial charge in [-0.2, -0.15) is 5.26 Å². The molecule has 4 aromatic rings. The molecule has 0 N–H and O–H groups in total. The number of benzene rings is 3. The van der Waals surface area contributed by atoms with Gasteiger partial charge in [0.2, 0.25) is 0 Å². The smallest absolute Gasteiger partial charge is 0.136 e. The first-order chi connectivity index (χ1) is 15.7. The van der Waals surface area contributed by atoms with E-state index in [1.54, 1.807) is 23.5 Å². The third-order valence-electron chi connectivity index (χ3n) is 4.84. The normalized spacial score (nSPS) is 13.3. The van der Waals surface area contributed by atoms with E-state index in [1.165, 1.54) is 21.1 Å². The second-order valence-corrected chi connectivity index (χ2v) is 11.0. The fraction of sp³-hybridized carbons (Fsp3) is 0. The lowest BCUT2D eigenvalue weighted by atomic mass is 10.1. The minimum absolute atomic E-state index is 0.632. The maximum Gasteiger partial charge on any atom is 0.136 e. The summed E-state index contributed by atoms with van der Waals surface area (Å²) in [4.78, 5) is 7.15. The monoisotopic (exact) mass is 530 g/mol. The number of nitrogens with zero attached hydrogens (tertiary/aromatic N) is 2. The molecule has 0 atom stereocenters. The van der Waals surface area contributed by atoms with Crippen LogP contribution in [0.4, 0.5) is 0 Å². The lowest BCUT2D eigenvalue weighted by molar-refractivity contribution is 1.37. The quantitative estimate of drug-likeness (QED) is 0.247. The molecular weight excluding hydrogens is 516 g/mol. The van der Waals surface area contributed by atoms with Gasteiger partial charge in [0, 0.05) is 25.2 Å². The van der Waals surface area contributed by atoms with Gasteiger partial charge in [0.05, 0.1) is 9.93 Å². The molecule has 1 aliphatic heterocycles. The van der Waals surface area contributed by atoms with Crippen LogP contribution in [0.5, 0.6) is 0 Å². The van der Waals surface area contributed by atoms with Crippen LogP contribution < -0.4 is 0 Å². The topological polar surface area (TPSA) is 36.7 Å². The molecule has 154 valence electrons. The molecule has 6 heteroatoms. The summed E-state index contributed by atoms with van der Waals surface area (Å²) >= 11 is 8.31. The first-order valence-corrected chi connectivity index (χ1v) is 13.1. The van der Waals surface area contributed by atoms with E-state index in [1.807, 2.05) is 41.8 Å². The Balaban J connectivity index is 1.55. The van der Waals surface area contributed by atoms with Crippen molar-refractivity contribution in [3.05, 3.63) is 115 Å². The number of hydrogen-bond donors (Lipinski definition) is 0. The van der Waals surface area contributed by atoms with Gasteiger partial charge in [0.15, 0.2) is 0 Å². The second-order valence-electron chi connectivity index (χ2n) is 6.91. The molecule has 0 amide bonds. The van der Waals surface area contributed by atoms with Crippen LogP contribution in [0.15, 0.2) is 99.0 Å². The van der Waals surface area contributed by atoms with Crippen molar-refractivity contribution < 1.29 is 0 Å². The first-order valence-electron chi connectivity index (χ1n) is 9.80. The van der Waals surface area contributed by atoms with Crippen molar-refractivity contribution >= 4 is 66.2 Å². The third kappa shape index (κ3) is 4.35. The van der Waals surface area contributed by atoms with Crippen LogP contribution in [0.25, 0.3) is 26.6 Å². The zero-order valence-corrected chi connectivity index (χ0v) is 20.7. The average molecular weight is 532 g/mol. The van der Waals surface area contributed by atoms with Crippen molar-refractivity contribution in [3.8, 4) is 17.3 Å². The van der Waals surface area contributed by atoms with Crippen LogP contribution in [0, 0.1) is 11.3 Å². The van der Waals surface area contributed by atoms with Gasteiger partial charge < -0.3 is 0 Å². The summed E-state index contributed by atoms with van der Waals surface area (Å²) < 4.78 is 2.00. The number of aromatic nitrogens is 1. The Morgan fingerprint density at radius 1 is 0.750 bits per heavy atom. The number of allylic oxidation sites excluding steroid dienone is 1. The van der Waals surface area contributed by atoms with Gasteiger partial charge in [0.25, 0.3) is 0 Å². The maximum atomic E-state index is 10.1. The number of thioether (sulfide) groups is 2. The summed E-state index contributed by atoms with van der Waals surface area (Å²) in [7, 11) is 0. The molecule has 0 saturated heterocycles. The number of rotatable bonds is 4. The van der Waals surface area contributed by atoms with E-state index in [2.05, 4.69) is 70.5 Å². The minimum Gasteiger partial charge on any atom is -0.235 e. The standard InChI is InChI=1S/C26H15BrN2S3/c27-20-13-11-17(12-14-20)22-16-30-25(29-22)21(15-28)26-31-23(18-7-3-1-4-8-18)24(32-26)19-9-5-2-6-10-19/h1-14,16H. The van der Waals surface area contributed by atoms with Crippen LogP contribution in [0.1, 0.15) is 16.1 Å². The Bertz CT molecular complexity index is 1310. The molecule has 5 rings (SSSR count). The molecule has 0 fully saturated rings. The van der Waals surface area contributed by atoms with Crippen molar-refractivity contribution in [3.63, 3.8) is 0 Å². The van der Waals surface area contributed by atoms with Gasteiger partial charge in [-0.3, -0.25) is 0 Å². The third-order valence-corrected chi connectivity index (χ3v) is 8.93. The minimum atomic E-state index is 0.632. The number of halogens is 1. The Morgan fingerprint density at radius 3 is 1.84 bits per heavy atom. The molecular formula is C26H15BrN2S3. The molecule has 1 aliphatic rings. The van der Waals surface area contributed by atoms with Crippen molar-refractivity contribution in [2.45, 2.75) is 0 Å². The van der Waals surface area contributed by atoms with Gasteiger partial charge in [-0.25, -0.2) is 4.98 Å². The van der Waals surface area contributed by atoms with Gasteiger partial charge in [-0.15, -0.1) is 11.3 Å². The van der Waals surface area contributed by atoms with Gasteiger partial charge in [-0.05, 0) is 23.3 Å².